The fraction of sp³-hybridized carbons (Fsp3) is 0. The molecule has 0 atom stereocenters. The molecule has 0 N–H and O–H groups in total. The van der Waals surface area contributed by atoms with Crippen LogP contribution in [0.25, 0.3) is 104 Å². The van der Waals surface area contributed by atoms with Gasteiger partial charge in [-0.1, -0.05) is 176 Å². The lowest BCUT2D eigenvalue weighted by molar-refractivity contribution is 0.670. The molecule has 3 nitrogen and oxygen atoms in total. The van der Waals surface area contributed by atoms with Crippen LogP contribution >= 0.6 is 0 Å². The molecule has 2 aromatic heterocycles. The summed E-state index contributed by atoms with van der Waals surface area (Å²) in [5, 5.41) is 9.74. The van der Waals surface area contributed by atoms with E-state index in [9.17, 15) is 0 Å². The number of anilines is 3. The Kier molecular flexibility index (Phi) is 8.53. The van der Waals surface area contributed by atoms with Crippen molar-refractivity contribution in [1.82, 2.24) is 4.57 Å². The van der Waals surface area contributed by atoms with E-state index in [0.29, 0.717) is 0 Å². The minimum Gasteiger partial charge on any atom is -0.455 e. The zero-order valence-corrected chi connectivity index (χ0v) is 35.4. The number of hydrogen-bond donors (Lipinski definition) is 0. The van der Waals surface area contributed by atoms with Crippen LogP contribution in [0.5, 0.6) is 0 Å². The van der Waals surface area contributed by atoms with E-state index in [4.69, 9.17) is 4.42 Å². The molecule has 0 unspecified atom stereocenters. The third kappa shape index (κ3) is 6.20. The molecule has 0 fully saturated rings. The Labute approximate surface area is 376 Å². The molecule has 65 heavy (non-hydrogen) atoms. The van der Waals surface area contributed by atoms with E-state index >= 15 is 0 Å². The number of aromatic nitrogens is 1. The maximum Gasteiger partial charge on any atom is 0.143 e. The van der Waals surface area contributed by atoms with Gasteiger partial charge in [-0.15, -0.1) is 0 Å². The summed E-state index contributed by atoms with van der Waals surface area (Å²) in [6.07, 6.45) is 0. The standard InChI is InChI=1S/C62H40N2O/c1-2-14-49(15-3-1)64-59-40-48(30-37-55(59)57-38-29-44-12-6-7-16-53(44)61(57)64)43-25-33-51(34-26-43)63(50-31-23-42(24-32-50)47-22-21-41-11-4-5-13-46(41)39-47)52-35-27-45(28-36-52)54-18-10-19-58-56-17-8-9-20-60(56)65-62(54)58/h1-40H. The highest BCUT2D eigenvalue weighted by Crippen LogP contribution is 2.42. The highest BCUT2D eigenvalue weighted by atomic mass is 16.3. The number of rotatable bonds is 7. The van der Waals surface area contributed by atoms with Crippen LogP contribution in [0.4, 0.5) is 17.1 Å². The Morgan fingerprint density at radius 1 is 0.323 bits per heavy atom. The molecule has 304 valence electrons. The van der Waals surface area contributed by atoms with Gasteiger partial charge in [0, 0.05) is 55.2 Å². The summed E-state index contributed by atoms with van der Waals surface area (Å²) >= 11 is 0. The van der Waals surface area contributed by atoms with Gasteiger partial charge in [-0.25, -0.2) is 0 Å². The molecule has 0 saturated carbocycles. The van der Waals surface area contributed by atoms with Crippen molar-refractivity contribution in [2.24, 2.45) is 0 Å². The first-order valence-corrected chi connectivity index (χ1v) is 22.2. The molecule has 0 radical (unpaired) electrons. The Balaban J connectivity index is 0.908. The zero-order valence-electron chi connectivity index (χ0n) is 35.4. The van der Waals surface area contributed by atoms with E-state index in [0.717, 1.165) is 61.4 Å². The third-order valence-corrected chi connectivity index (χ3v) is 13.2. The van der Waals surface area contributed by atoms with Crippen LogP contribution in [0.2, 0.25) is 0 Å². The lowest BCUT2D eigenvalue weighted by Crippen LogP contribution is -2.09. The molecule has 0 amide bonds. The molecular formula is C62H40N2O. The largest absolute Gasteiger partial charge is 0.455 e. The number of fused-ring (bicyclic) bond motifs is 9. The SMILES string of the molecule is c1ccc(-n2c3cc(-c4ccc(N(c5ccc(-c6ccc7ccccc7c6)cc5)c5ccc(-c6cccc7c6oc6ccccc67)cc5)cc4)ccc3c3ccc4ccccc4c32)cc1. The van der Waals surface area contributed by atoms with E-state index in [1.807, 2.05) is 12.1 Å². The van der Waals surface area contributed by atoms with E-state index in [2.05, 4.69) is 240 Å². The minimum absolute atomic E-state index is 0.903. The van der Waals surface area contributed by atoms with Crippen molar-refractivity contribution >= 4 is 82.4 Å². The summed E-state index contributed by atoms with van der Waals surface area (Å²) in [6.45, 7) is 0. The van der Waals surface area contributed by atoms with Crippen LogP contribution in [0.3, 0.4) is 0 Å². The molecule has 0 aliphatic rings. The van der Waals surface area contributed by atoms with E-state index in [-0.39, 0.29) is 0 Å². The van der Waals surface area contributed by atoms with Crippen molar-refractivity contribution in [3.05, 3.63) is 243 Å². The van der Waals surface area contributed by atoms with Crippen LogP contribution in [-0.4, -0.2) is 4.57 Å². The summed E-state index contributed by atoms with van der Waals surface area (Å²) in [4.78, 5) is 2.35. The van der Waals surface area contributed by atoms with E-state index < -0.39 is 0 Å². The number of nitrogens with zero attached hydrogens (tertiary/aromatic N) is 2. The predicted molar refractivity (Wildman–Crippen MR) is 274 cm³/mol. The highest BCUT2D eigenvalue weighted by Gasteiger charge is 2.18. The summed E-state index contributed by atoms with van der Waals surface area (Å²) in [5.41, 5.74) is 15.5. The molecule has 3 heteroatoms. The fourth-order valence-electron chi connectivity index (χ4n) is 9.99. The topological polar surface area (TPSA) is 21.3 Å². The average molecular weight is 829 g/mol. The van der Waals surface area contributed by atoms with Gasteiger partial charge in [0.1, 0.15) is 11.2 Å². The Morgan fingerprint density at radius 3 is 1.60 bits per heavy atom. The second-order valence-corrected chi connectivity index (χ2v) is 16.9. The maximum atomic E-state index is 6.45. The van der Waals surface area contributed by atoms with Crippen molar-refractivity contribution in [2.45, 2.75) is 0 Å². The summed E-state index contributed by atoms with van der Waals surface area (Å²) in [6, 6.07) is 87.7. The quantitative estimate of drug-likeness (QED) is 0.160. The second-order valence-electron chi connectivity index (χ2n) is 16.9. The molecule has 13 aromatic rings. The number of hydrogen-bond acceptors (Lipinski definition) is 2. The molecule has 0 aliphatic heterocycles. The van der Waals surface area contributed by atoms with Crippen LogP contribution in [0.1, 0.15) is 0 Å². The molecule has 0 aliphatic carbocycles. The highest BCUT2D eigenvalue weighted by molar-refractivity contribution is 6.19. The fourth-order valence-corrected chi connectivity index (χ4v) is 9.99. The van der Waals surface area contributed by atoms with Crippen LogP contribution < -0.4 is 4.90 Å². The van der Waals surface area contributed by atoms with Gasteiger partial charge in [-0.2, -0.15) is 0 Å². The predicted octanol–water partition coefficient (Wildman–Crippen LogP) is 17.5. The van der Waals surface area contributed by atoms with Crippen molar-refractivity contribution in [2.75, 3.05) is 4.90 Å². The van der Waals surface area contributed by atoms with Gasteiger partial charge < -0.3 is 13.9 Å². The van der Waals surface area contributed by atoms with Gasteiger partial charge in [0.2, 0.25) is 0 Å². The first-order valence-electron chi connectivity index (χ1n) is 22.2. The van der Waals surface area contributed by atoms with Crippen molar-refractivity contribution in [3.63, 3.8) is 0 Å². The van der Waals surface area contributed by atoms with Gasteiger partial charge in [-0.3, -0.25) is 0 Å². The minimum atomic E-state index is 0.903. The first-order chi connectivity index (χ1) is 32.2. The van der Waals surface area contributed by atoms with Crippen LogP contribution in [0.15, 0.2) is 247 Å². The Morgan fingerprint density at radius 2 is 0.862 bits per heavy atom. The van der Waals surface area contributed by atoms with Crippen molar-refractivity contribution in [1.29, 1.82) is 0 Å². The molecule has 0 saturated heterocycles. The molecule has 13 rings (SSSR count). The van der Waals surface area contributed by atoms with Gasteiger partial charge in [0.15, 0.2) is 0 Å². The summed E-state index contributed by atoms with van der Waals surface area (Å²) < 4.78 is 8.88. The Bertz CT molecular complexity index is 3920. The molecular weight excluding hydrogens is 789 g/mol. The normalized spacial score (nSPS) is 11.7. The smallest absolute Gasteiger partial charge is 0.143 e. The monoisotopic (exact) mass is 828 g/mol. The van der Waals surface area contributed by atoms with Crippen molar-refractivity contribution in [3.8, 4) is 39.1 Å². The second kappa shape index (κ2) is 15.0. The lowest BCUT2D eigenvalue weighted by atomic mass is 10.00. The van der Waals surface area contributed by atoms with E-state index in [1.54, 1.807) is 0 Å². The first kappa shape index (κ1) is 36.9. The van der Waals surface area contributed by atoms with Crippen LogP contribution in [-0.2, 0) is 0 Å². The number of benzene rings is 11. The van der Waals surface area contributed by atoms with Crippen LogP contribution in [0, 0.1) is 0 Å². The Hall–Kier alpha value is -8.66. The molecule has 0 bridgehead atoms. The molecule has 11 aromatic carbocycles. The number of para-hydroxylation sites is 3. The van der Waals surface area contributed by atoms with E-state index in [1.165, 1.54) is 60.0 Å². The maximum absolute atomic E-state index is 6.45. The third-order valence-electron chi connectivity index (χ3n) is 13.2. The summed E-state index contributed by atoms with van der Waals surface area (Å²) in [5.74, 6) is 0. The molecule has 2 heterocycles. The molecule has 0 spiro atoms. The number of furan rings is 1. The van der Waals surface area contributed by atoms with Crippen molar-refractivity contribution < 1.29 is 4.42 Å². The lowest BCUT2D eigenvalue weighted by Gasteiger charge is -2.26. The average Bonchev–Trinajstić information content (AvgIpc) is 3.93. The van der Waals surface area contributed by atoms with Gasteiger partial charge in [-0.05, 0) is 111 Å². The van der Waals surface area contributed by atoms with Gasteiger partial charge in [0.25, 0.3) is 0 Å². The van der Waals surface area contributed by atoms with Gasteiger partial charge in [0.05, 0.1) is 11.0 Å². The zero-order chi connectivity index (χ0) is 42.8. The summed E-state index contributed by atoms with van der Waals surface area (Å²) in [7, 11) is 0. The van der Waals surface area contributed by atoms with Gasteiger partial charge >= 0.3 is 0 Å².